The predicted molar refractivity (Wildman–Crippen MR) is 72.9 cm³/mol. The Kier molecular flexibility index (Phi) is 3.74. The summed E-state index contributed by atoms with van der Waals surface area (Å²) in [4.78, 5) is 22.5. The van der Waals surface area contributed by atoms with Crippen LogP contribution in [0.2, 0.25) is 0 Å². The fourth-order valence-corrected chi connectivity index (χ4v) is 1.86. The minimum Gasteiger partial charge on any atom is -0.359 e. The zero-order chi connectivity index (χ0) is 15.7. The van der Waals surface area contributed by atoms with Crippen LogP contribution in [0.25, 0.3) is 0 Å². The topological polar surface area (TPSA) is 116 Å². The van der Waals surface area contributed by atoms with Crippen LogP contribution in [0.3, 0.4) is 0 Å². The maximum absolute atomic E-state index is 12.2. The van der Waals surface area contributed by atoms with Crippen molar-refractivity contribution in [3.63, 3.8) is 0 Å². The van der Waals surface area contributed by atoms with E-state index < -0.39 is 11.0 Å². The summed E-state index contributed by atoms with van der Waals surface area (Å²) < 4.78 is 6.22. The first-order valence-electron chi connectivity index (χ1n) is 6.25. The molecule has 112 valence electrons. The molecule has 0 aliphatic rings. The minimum atomic E-state index is -0.703. The van der Waals surface area contributed by atoms with Crippen LogP contribution < -0.4 is 5.32 Å². The van der Waals surface area contributed by atoms with E-state index in [2.05, 4.69) is 15.6 Å². The average molecular weight is 293 g/mol. The number of hydrogen-bond donors (Lipinski definition) is 1. The normalized spacial score (nSPS) is 12.2. The number of rotatable bonds is 4. The number of hydrogen-bond acceptors (Lipinski definition) is 6. The Balaban J connectivity index is 2.20. The van der Waals surface area contributed by atoms with E-state index in [0.29, 0.717) is 17.1 Å². The van der Waals surface area contributed by atoms with E-state index >= 15 is 0 Å². The summed E-state index contributed by atoms with van der Waals surface area (Å²) >= 11 is 0. The van der Waals surface area contributed by atoms with Crippen molar-refractivity contribution in [3.8, 4) is 0 Å². The van der Waals surface area contributed by atoms with E-state index in [1.54, 1.807) is 20.8 Å². The second-order valence-corrected chi connectivity index (χ2v) is 4.70. The summed E-state index contributed by atoms with van der Waals surface area (Å²) in [6, 6.07) is -0.703. The monoisotopic (exact) mass is 293 g/mol. The molecule has 0 aromatic carbocycles. The molecule has 0 saturated heterocycles. The number of aromatic nitrogens is 3. The molecule has 0 fully saturated rings. The number of nitrogens with zero attached hydrogens (tertiary/aromatic N) is 4. The van der Waals surface area contributed by atoms with Gasteiger partial charge in [0.2, 0.25) is 5.91 Å². The Morgan fingerprint density at radius 1 is 1.43 bits per heavy atom. The third-order valence-electron chi connectivity index (χ3n) is 3.15. The Hall–Kier alpha value is -2.71. The van der Waals surface area contributed by atoms with Gasteiger partial charge in [0.15, 0.2) is 5.76 Å². The summed E-state index contributed by atoms with van der Waals surface area (Å²) in [5.74, 6) is 0.137. The Morgan fingerprint density at radius 2 is 2.10 bits per heavy atom. The van der Waals surface area contributed by atoms with Crippen LogP contribution in [0.4, 0.5) is 11.4 Å². The van der Waals surface area contributed by atoms with Crippen LogP contribution in [-0.2, 0) is 4.79 Å². The second kappa shape index (κ2) is 5.35. The Morgan fingerprint density at radius 3 is 2.57 bits per heavy atom. The van der Waals surface area contributed by atoms with E-state index in [-0.39, 0.29) is 17.3 Å². The molecule has 2 rings (SSSR count). The van der Waals surface area contributed by atoms with Gasteiger partial charge in [-0.25, -0.2) is 0 Å². The molecule has 0 radical (unpaired) electrons. The van der Waals surface area contributed by atoms with Crippen molar-refractivity contribution in [2.75, 3.05) is 5.32 Å². The summed E-state index contributed by atoms with van der Waals surface area (Å²) in [5, 5.41) is 21.2. The molecule has 0 spiro atoms. The van der Waals surface area contributed by atoms with Crippen molar-refractivity contribution in [1.82, 2.24) is 14.9 Å². The third-order valence-corrected chi connectivity index (χ3v) is 3.15. The number of carbonyl (C=O) groups excluding carboxylic acids is 1. The highest BCUT2D eigenvalue weighted by molar-refractivity contribution is 5.94. The molecule has 21 heavy (non-hydrogen) atoms. The molecule has 9 nitrogen and oxygen atoms in total. The van der Waals surface area contributed by atoms with Crippen LogP contribution in [0.1, 0.15) is 30.1 Å². The molecule has 2 aromatic heterocycles. The molecule has 1 amide bonds. The van der Waals surface area contributed by atoms with Crippen LogP contribution in [-0.4, -0.2) is 25.8 Å². The highest BCUT2D eigenvalue weighted by atomic mass is 16.6. The first-order valence-corrected chi connectivity index (χ1v) is 6.25. The number of nitro groups is 1. The fraction of sp³-hybridized carbons (Fsp3) is 0.417. The largest absolute Gasteiger partial charge is 0.359 e. The van der Waals surface area contributed by atoms with Gasteiger partial charge in [0.05, 0.1) is 4.92 Å². The van der Waals surface area contributed by atoms with E-state index in [1.807, 2.05) is 0 Å². The molecule has 0 aliphatic carbocycles. The number of carbonyl (C=O) groups is 1. The molecule has 9 heteroatoms. The quantitative estimate of drug-likeness (QED) is 0.679. The SMILES string of the molecule is Cc1nn(C(C)C(=O)Nc2c(C)noc2C)cc1[N+](=O)[O-]. The molecule has 2 heterocycles. The van der Waals surface area contributed by atoms with Crippen molar-refractivity contribution in [2.45, 2.75) is 33.7 Å². The van der Waals surface area contributed by atoms with Crippen molar-refractivity contribution in [1.29, 1.82) is 0 Å². The second-order valence-electron chi connectivity index (χ2n) is 4.70. The molecular weight excluding hydrogens is 278 g/mol. The lowest BCUT2D eigenvalue weighted by molar-refractivity contribution is -0.385. The van der Waals surface area contributed by atoms with Gasteiger partial charge in [-0.15, -0.1) is 0 Å². The molecule has 0 aliphatic heterocycles. The standard InChI is InChI=1S/C12H15N5O4/c1-6-10(17(19)20)5-16(14-6)8(3)12(18)13-11-7(2)15-21-9(11)4/h5,8H,1-4H3,(H,13,18). The summed E-state index contributed by atoms with van der Waals surface area (Å²) in [6.07, 6.45) is 1.24. The summed E-state index contributed by atoms with van der Waals surface area (Å²) in [6.45, 7) is 6.51. The van der Waals surface area contributed by atoms with Gasteiger partial charge in [0.25, 0.3) is 0 Å². The van der Waals surface area contributed by atoms with Crippen LogP contribution >= 0.6 is 0 Å². The maximum Gasteiger partial charge on any atom is 0.309 e. The smallest absolute Gasteiger partial charge is 0.309 e. The number of aryl methyl sites for hydroxylation is 3. The third kappa shape index (κ3) is 2.76. The molecule has 1 unspecified atom stereocenters. The van der Waals surface area contributed by atoms with Crippen molar-refractivity contribution in [2.24, 2.45) is 0 Å². The number of amides is 1. The lowest BCUT2D eigenvalue weighted by Gasteiger charge is -2.11. The van der Waals surface area contributed by atoms with Gasteiger partial charge in [-0.2, -0.15) is 5.10 Å². The zero-order valence-electron chi connectivity index (χ0n) is 12.1. The molecule has 0 bridgehead atoms. The highest BCUT2D eigenvalue weighted by Crippen LogP contribution is 2.22. The molecular formula is C12H15N5O4. The van der Waals surface area contributed by atoms with Crippen LogP contribution in [0.15, 0.2) is 10.7 Å². The summed E-state index contributed by atoms with van der Waals surface area (Å²) in [5.41, 5.74) is 1.21. The van der Waals surface area contributed by atoms with E-state index in [9.17, 15) is 14.9 Å². The Labute approximate surface area is 120 Å². The van der Waals surface area contributed by atoms with Crippen LogP contribution in [0.5, 0.6) is 0 Å². The van der Waals surface area contributed by atoms with Crippen LogP contribution in [0, 0.1) is 30.9 Å². The van der Waals surface area contributed by atoms with Gasteiger partial charge >= 0.3 is 5.69 Å². The zero-order valence-corrected chi connectivity index (χ0v) is 12.1. The highest BCUT2D eigenvalue weighted by Gasteiger charge is 2.23. The number of anilines is 1. The first kappa shape index (κ1) is 14.7. The van der Waals surface area contributed by atoms with Gasteiger partial charge in [-0.3, -0.25) is 19.6 Å². The molecule has 1 N–H and O–H groups in total. The molecule has 2 aromatic rings. The van der Waals surface area contributed by atoms with E-state index in [1.165, 1.54) is 17.8 Å². The van der Waals surface area contributed by atoms with Gasteiger partial charge < -0.3 is 9.84 Å². The predicted octanol–water partition coefficient (Wildman–Crippen LogP) is 1.90. The average Bonchev–Trinajstić information content (AvgIpc) is 2.95. The lowest BCUT2D eigenvalue weighted by Crippen LogP contribution is -2.24. The van der Waals surface area contributed by atoms with Crippen molar-refractivity contribution < 1.29 is 14.2 Å². The van der Waals surface area contributed by atoms with Gasteiger partial charge in [-0.1, -0.05) is 5.16 Å². The first-order chi connectivity index (χ1) is 9.81. The van der Waals surface area contributed by atoms with E-state index in [0.717, 1.165) is 0 Å². The van der Waals surface area contributed by atoms with Gasteiger partial charge in [0.1, 0.15) is 29.3 Å². The van der Waals surface area contributed by atoms with Gasteiger partial charge in [-0.05, 0) is 27.7 Å². The summed E-state index contributed by atoms with van der Waals surface area (Å²) in [7, 11) is 0. The van der Waals surface area contributed by atoms with Crippen molar-refractivity contribution in [3.05, 3.63) is 33.5 Å². The van der Waals surface area contributed by atoms with E-state index in [4.69, 9.17) is 4.52 Å². The number of nitrogens with one attached hydrogen (secondary N) is 1. The molecule has 1 atom stereocenters. The fourth-order valence-electron chi connectivity index (χ4n) is 1.86. The van der Waals surface area contributed by atoms with Gasteiger partial charge in [0, 0.05) is 0 Å². The van der Waals surface area contributed by atoms with Crippen molar-refractivity contribution >= 4 is 17.3 Å². The maximum atomic E-state index is 12.2. The minimum absolute atomic E-state index is 0.119. The molecule has 0 saturated carbocycles. The lowest BCUT2D eigenvalue weighted by atomic mass is 10.2. The Bertz CT molecular complexity index is 683.